The number of hydrogen-bond acceptors (Lipinski definition) is 4. The van der Waals surface area contributed by atoms with Gasteiger partial charge < -0.3 is 9.64 Å². The highest BCUT2D eigenvalue weighted by Crippen LogP contribution is 2.27. The molecule has 0 saturated heterocycles. The van der Waals surface area contributed by atoms with E-state index in [2.05, 4.69) is 11.1 Å². The van der Waals surface area contributed by atoms with Crippen molar-refractivity contribution in [3.63, 3.8) is 0 Å². The lowest BCUT2D eigenvalue weighted by atomic mass is 10.2. The Morgan fingerprint density at radius 2 is 2.11 bits per heavy atom. The molecule has 1 aromatic heterocycles. The topological polar surface area (TPSA) is 49.1 Å². The summed E-state index contributed by atoms with van der Waals surface area (Å²) >= 11 is 0. The molecule has 0 aliphatic rings. The molecule has 1 heterocycles. The van der Waals surface area contributed by atoms with Gasteiger partial charge in [-0.2, -0.15) is 5.26 Å². The molecule has 4 heteroatoms. The van der Waals surface area contributed by atoms with Crippen molar-refractivity contribution in [1.29, 1.82) is 5.26 Å². The van der Waals surface area contributed by atoms with Gasteiger partial charge in [0.1, 0.15) is 11.8 Å². The molecular formula is C14H13N3O. The van der Waals surface area contributed by atoms with Crippen LogP contribution in [0.4, 0.5) is 11.5 Å². The molecule has 4 nitrogen and oxygen atoms in total. The van der Waals surface area contributed by atoms with Crippen molar-refractivity contribution in [2.24, 2.45) is 0 Å². The first-order valence-corrected chi connectivity index (χ1v) is 5.49. The van der Waals surface area contributed by atoms with Gasteiger partial charge in [0, 0.05) is 25.0 Å². The summed E-state index contributed by atoms with van der Waals surface area (Å²) in [4.78, 5) is 6.11. The molecule has 0 atom stereocenters. The third kappa shape index (κ3) is 2.25. The summed E-state index contributed by atoms with van der Waals surface area (Å²) < 4.78 is 5.19. The predicted octanol–water partition coefficient (Wildman–Crippen LogP) is 2.73. The molecule has 1 aromatic carbocycles. The van der Waals surface area contributed by atoms with Crippen LogP contribution in [-0.4, -0.2) is 19.1 Å². The molecule has 0 aliphatic carbocycles. The van der Waals surface area contributed by atoms with E-state index < -0.39 is 0 Å². The summed E-state index contributed by atoms with van der Waals surface area (Å²) in [6.07, 6.45) is 1.67. The zero-order chi connectivity index (χ0) is 13.0. The van der Waals surface area contributed by atoms with Crippen LogP contribution in [0.2, 0.25) is 0 Å². The maximum atomic E-state index is 9.07. The van der Waals surface area contributed by atoms with Gasteiger partial charge in [0.25, 0.3) is 0 Å². The highest BCUT2D eigenvalue weighted by atomic mass is 16.5. The molecule has 0 unspecified atom stereocenters. The number of pyridine rings is 1. The quantitative estimate of drug-likeness (QED) is 0.826. The van der Waals surface area contributed by atoms with Crippen LogP contribution in [0.1, 0.15) is 5.56 Å². The lowest BCUT2D eigenvalue weighted by Crippen LogP contribution is -2.12. The Labute approximate surface area is 106 Å². The van der Waals surface area contributed by atoms with E-state index in [1.54, 1.807) is 25.4 Å². The minimum absolute atomic E-state index is 0.544. The van der Waals surface area contributed by atoms with Crippen LogP contribution in [0.3, 0.4) is 0 Å². The molecule has 0 aliphatic heterocycles. The van der Waals surface area contributed by atoms with Gasteiger partial charge in [0.15, 0.2) is 5.82 Å². The predicted molar refractivity (Wildman–Crippen MR) is 70.0 cm³/mol. The number of nitriles is 1. The standard InChI is InChI=1S/C14H13N3O/c1-17(12-6-3-7-13(9-12)18-2)14-11(10-15)5-4-8-16-14/h3-9H,1-2H3. The second-order valence-electron chi connectivity index (χ2n) is 3.75. The maximum absolute atomic E-state index is 9.07. The first-order chi connectivity index (χ1) is 8.76. The lowest BCUT2D eigenvalue weighted by molar-refractivity contribution is 0.415. The number of benzene rings is 1. The summed E-state index contributed by atoms with van der Waals surface area (Å²) in [7, 11) is 3.50. The Morgan fingerprint density at radius 3 is 2.83 bits per heavy atom. The number of nitrogens with zero attached hydrogens (tertiary/aromatic N) is 3. The van der Waals surface area contributed by atoms with Gasteiger partial charge in [-0.15, -0.1) is 0 Å². The molecule has 0 bridgehead atoms. The molecule has 90 valence electrons. The number of methoxy groups -OCH3 is 1. The summed E-state index contributed by atoms with van der Waals surface area (Å²) in [5, 5.41) is 9.07. The number of rotatable bonds is 3. The van der Waals surface area contributed by atoms with Crippen molar-refractivity contribution < 1.29 is 4.74 Å². The van der Waals surface area contributed by atoms with Gasteiger partial charge in [-0.25, -0.2) is 4.98 Å². The molecule has 2 aromatic rings. The number of anilines is 2. The van der Waals surface area contributed by atoms with Gasteiger partial charge in [-0.1, -0.05) is 6.07 Å². The van der Waals surface area contributed by atoms with E-state index in [0.29, 0.717) is 11.4 Å². The largest absolute Gasteiger partial charge is 0.497 e. The summed E-state index contributed by atoms with van der Waals surface area (Å²) in [5.41, 5.74) is 1.47. The molecule has 0 fully saturated rings. The Kier molecular flexibility index (Phi) is 3.44. The molecule has 2 rings (SSSR count). The highest BCUT2D eigenvalue weighted by Gasteiger charge is 2.10. The monoisotopic (exact) mass is 239 g/mol. The average Bonchev–Trinajstić information content (AvgIpc) is 2.46. The van der Waals surface area contributed by atoms with E-state index in [-0.39, 0.29) is 0 Å². The van der Waals surface area contributed by atoms with Crippen LogP contribution in [0.5, 0.6) is 5.75 Å². The van der Waals surface area contributed by atoms with E-state index in [4.69, 9.17) is 10.00 Å². The molecule has 18 heavy (non-hydrogen) atoms. The van der Waals surface area contributed by atoms with Crippen LogP contribution in [-0.2, 0) is 0 Å². The Hall–Kier alpha value is -2.54. The molecule has 0 spiro atoms. The fourth-order valence-corrected chi connectivity index (χ4v) is 1.69. The molecule has 0 radical (unpaired) electrons. The minimum Gasteiger partial charge on any atom is -0.497 e. The van der Waals surface area contributed by atoms with Crippen molar-refractivity contribution in [2.45, 2.75) is 0 Å². The van der Waals surface area contributed by atoms with Crippen molar-refractivity contribution in [1.82, 2.24) is 4.98 Å². The molecule has 0 amide bonds. The van der Waals surface area contributed by atoms with Crippen LogP contribution < -0.4 is 9.64 Å². The van der Waals surface area contributed by atoms with Crippen molar-refractivity contribution in [3.8, 4) is 11.8 Å². The Morgan fingerprint density at radius 1 is 1.28 bits per heavy atom. The number of aromatic nitrogens is 1. The summed E-state index contributed by atoms with van der Waals surface area (Å²) in [6.45, 7) is 0. The third-order valence-electron chi connectivity index (χ3n) is 2.67. The third-order valence-corrected chi connectivity index (χ3v) is 2.67. The zero-order valence-electron chi connectivity index (χ0n) is 10.3. The Balaban J connectivity index is 2.41. The first-order valence-electron chi connectivity index (χ1n) is 5.49. The van der Waals surface area contributed by atoms with E-state index in [1.165, 1.54) is 0 Å². The van der Waals surface area contributed by atoms with Crippen molar-refractivity contribution in [3.05, 3.63) is 48.2 Å². The van der Waals surface area contributed by atoms with Crippen LogP contribution in [0.15, 0.2) is 42.6 Å². The van der Waals surface area contributed by atoms with Crippen LogP contribution in [0.25, 0.3) is 0 Å². The van der Waals surface area contributed by atoms with E-state index in [1.807, 2.05) is 36.2 Å². The van der Waals surface area contributed by atoms with E-state index in [9.17, 15) is 0 Å². The van der Waals surface area contributed by atoms with Gasteiger partial charge >= 0.3 is 0 Å². The number of ether oxygens (including phenoxy) is 1. The highest BCUT2D eigenvalue weighted by molar-refractivity contribution is 5.65. The van der Waals surface area contributed by atoms with Gasteiger partial charge in [-0.05, 0) is 24.3 Å². The van der Waals surface area contributed by atoms with Crippen molar-refractivity contribution in [2.75, 3.05) is 19.1 Å². The normalized spacial score (nSPS) is 9.61. The zero-order valence-corrected chi connectivity index (χ0v) is 10.3. The SMILES string of the molecule is COc1cccc(N(C)c2ncccc2C#N)c1. The second-order valence-corrected chi connectivity index (χ2v) is 3.75. The van der Waals surface area contributed by atoms with Gasteiger partial charge in [-0.3, -0.25) is 0 Å². The summed E-state index contributed by atoms with van der Waals surface area (Å²) in [6, 6.07) is 13.3. The van der Waals surface area contributed by atoms with Crippen LogP contribution in [0, 0.1) is 11.3 Å². The van der Waals surface area contributed by atoms with Crippen molar-refractivity contribution >= 4 is 11.5 Å². The smallest absolute Gasteiger partial charge is 0.150 e. The molecular weight excluding hydrogens is 226 g/mol. The fraction of sp³-hybridized carbons (Fsp3) is 0.143. The minimum atomic E-state index is 0.544. The van der Waals surface area contributed by atoms with Gasteiger partial charge in [0.05, 0.1) is 12.7 Å². The average molecular weight is 239 g/mol. The van der Waals surface area contributed by atoms with E-state index >= 15 is 0 Å². The van der Waals surface area contributed by atoms with Gasteiger partial charge in [0.2, 0.25) is 0 Å². The van der Waals surface area contributed by atoms with E-state index in [0.717, 1.165) is 11.4 Å². The Bertz CT molecular complexity index is 590. The first kappa shape index (κ1) is 11.9. The van der Waals surface area contributed by atoms with Crippen LogP contribution >= 0.6 is 0 Å². The molecule has 0 N–H and O–H groups in total. The second kappa shape index (κ2) is 5.19. The molecule has 0 saturated carbocycles. The lowest BCUT2D eigenvalue weighted by Gasteiger charge is -2.19. The summed E-state index contributed by atoms with van der Waals surface area (Å²) in [5.74, 6) is 1.40. The maximum Gasteiger partial charge on any atom is 0.150 e. The number of hydrogen-bond donors (Lipinski definition) is 0. The fourth-order valence-electron chi connectivity index (χ4n) is 1.69.